The van der Waals surface area contributed by atoms with Crippen molar-refractivity contribution in [3.8, 4) is 0 Å². The predicted octanol–water partition coefficient (Wildman–Crippen LogP) is 3.07. The number of benzene rings is 1. The Morgan fingerprint density at radius 3 is 2.44 bits per heavy atom. The number of carbonyl (C=O) groups excluding carboxylic acids is 3. The average molecular weight is 371 g/mol. The summed E-state index contributed by atoms with van der Waals surface area (Å²) in [5.41, 5.74) is -0.313. The number of rotatable bonds is 6. The van der Waals surface area contributed by atoms with Crippen molar-refractivity contribution in [2.75, 3.05) is 6.54 Å². The molecule has 1 aromatic carbocycles. The zero-order valence-electron chi connectivity index (χ0n) is 16.0. The first-order valence-corrected chi connectivity index (χ1v) is 10.1. The van der Waals surface area contributed by atoms with Gasteiger partial charge in [-0.05, 0) is 24.8 Å². The third-order valence-electron chi connectivity index (χ3n) is 5.59. The summed E-state index contributed by atoms with van der Waals surface area (Å²) in [5.74, 6) is -0.595. The largest absolute Gasteiger partial charge is 0.352 e. The van der Waals surface area contributed by atoms with Gasteiger partial charge in [-0.1, -0.05) is 69.4 Å². The number of carbonyl (C=O) groups is 3. The van der Waals surface area contributed by atoms with Crippen LogP contribution in [0.5, 0.6) is 0 Å². The van der Waals surface area contributed by atoms with E-state index in [0.29, 0.717) is 6.42 Å². The van der Waals surface area contributed by atoms with Crippen LogP contribution in [0.15, 0.2) is 30.3 Å². The lowest BCUT2D eigenvalue weighted by atomic mass is 9.85. The van der Waals surface area contributed by atoms with Crippen molar-refractivity contribution >= 4 is 17.8 Å². The van der Waals surface area contributed by atoms with Gasteiger partial charge in [-0.3, -0.25) is 14.5 Å². The molecule has 1 aliphatic heterocycles. The van der Waals surface area contributed by atoms with Gasteiger partial charge in [0.15, 0.2) is 0 Å². The monoisotopic (exact) mass is 371 g/mol. The summed E-state index contributed by atoms with van der Waals surface area (Å²) >= 11 is 0. The van der Waals surface area contributed by atoms with E-state index in [2.05, 4.69) is 10.6 Å². The molecule has 6 heteroatoms. The van der Waals surface area contributed by atoms with Crippen LogP contribution >= 0.6 is 0 Å². The van der Waals surface area contributed by atoms with E-state index < -0.39 is 11.6 Å². The first-order chi connectivity index (χ1) is 13.1. The van der Waals surface area contributed by atoms with E-state index in [9.17, 15) is 14.4 Å². The molecule has 1 saturated heterocycles. The second-order valence-electron chi connectivity index (χ2n) is 7.60. The fourth-order valence-corrected chi connectivity index (χ4v) is 4.22. The van der Waals surface area contributed by atoms with Gasteiger partial charge in [0, 0.05) is 6.04 Å². The summed E-state index contributed by atoms with van der Waals surface area (Å²) in [6.45, 7) is 1.75. The highest BCUT2D eigenvalue weighted by atomic mass is 16.2. The minimum Gasteiger partial charge on any atom is -0.352 e. The lowest BCUT2D eigenvalue weighted by Gasteiger charge is -2.27. The Hall–Kier alpha value is -2.37. The fraction of sp³-hybridized carbons (Fsp3) is 0.571. The minimum absolute atomic E-state index is 0.148. The van der Waals surface area contributed by atoms with Crippen LogP contribution in [0, 0.1) is 0 Å². The summed E-state index contributed by atoms with van der Waals surface area (Å²) in [6.07, 6.45) is 7.81. The van der Waals surface area contributed by atoms with Gasteiger partial charge in [0.25, 0.3) is 5.91 Å². The molecule has 3 rings (SSSR count). The Morgan fingerprint density at radius 1 is 1.15 bits per heavy atom. The van der Waals surface area contributed by atoms with Gasteiger partial charge in [-0.25, -0.2) is 4.79 Å². The maximum Gasteiger partial charge on any atom is 0.325 e. The molecule has 2 N–H and O–H groups in total. The molecule has 4 amide bonds. The van der Waals surface area contributed by atoms with Crippen LogP contribution in [0.4, 0.5) is 4.79 Å². The van der Waals surface area contributed by atoms with Crippen LogP contribution in [-0.2, 0) is 15.1 Å². The zero-order valence-corrected chi connectivity index (χ0v) is 16.0. The third kappa shape index (κ3) is 4.15. The van der Waals surface area contributed by atoms with Gasteiger partial charge >= 0.3 is 6.03 Å². The molecule has 0 aromatic heterocycles. The van der Waals surface area contributed by atoms with E-state index in [-0.39, 0.29) is 24.4 Å². The number of imide groups is 1. The number of nitrogens with one attached hydrogen (secondary N) is 2. The van der Waals surface area contributed by atoms with Gasteiger partial charge in [-0.15, -0.1) is 0 Å². The summed E-state index contributed by atoms with van der Waals surface area (Å²) < 4.78 is 0. The molecule has 1 aromatic rings. The second kappa shape index (κ2) is 8.55. The molecule has 2 aliphatic rings. The van der Waals surface area contributed by atoms with Crippen LogP contribution in [-0.4, -0.2) is 35.3 Å². The van der Waals surface area contributed by atoms with Crippen LogP contribution in [0.25, 0.3) is 0 Å². The van der Waals surface area contributed by atoms with Crippen molar-refractivity contribution in [3.05, 3.63) is 35.9 Å². The smallest absolute Gasteiger partial charge is 0.325 e. The summed E-state index contributed by atoms with van der Waals surface area (Å²) in [6, 6.07) is 8.94. The zero-order chi connectivity index (χ0) is 19.3. The predicted molar refractivity (Wildman–Crippen MR) is 103 cm³/mol. The number of hydrogen-bond donors (Lipinski definition) is 2. The summed E-state index contributed by atoms with van der Waals surface area (Å²) in [7, 11) is 0. The molecule has 6 nitrogen and oxygen atoms in total. The fourth-order valence-electron chi connectivity index (χ4n) is 4.22. The highest BCUT2D eigenvalue weighted by Crippen LogP contribution is 2.33. The molecule has 1 saturated carbocycles. The normalized spacial score (nSPS) is 23.8. The van der Waals surface area contributed by atoms with E-state index in [1.54, 1.807) is 0 Å². The molecule has 1 heterocycles. The van der Waals surface area contributed by atoms with Crippen molar-refractivity contribution < 1.29 is 14.4 Å². The molecule has 27 heavy (non-hydrogen) atoms. The van der Waals surface area contributed by atoms with Crippen LogP contribution in [0.2, 0.25) is 0 Å². The number of amides is 4. The molecule has 2 fully saturated rings. The lowest BCUT2D eigenvalue weighted by molar-refractivity contribution is -0.135. The van der Waals surface area contributed by atoms with Crippen LogP contribution in [0.1, 0.15) is 63.9 Å². The SMILES string of the molecule is CCCC1(c2ccccc2)NC(=O)N(CC(=O)NC2CCCCCC2)C1=O. The van der Waals surface area contributed by atoms with E-state index in [1.165, 1.54) is 12.8 Å². The van der Waals surface area contributed by atoms with Gasteiger partial charge in [0.1, 0.15) is 12.1 Å². The average Bonchev–Trinajstić information content (AvgIpc) is 2.85. The molecule has 0 radical (unpaired) electrons. The Bertz CT molecular complexity index is 683. The molecule has 1 unspecified atom stereocenters. The second-order valence-corrected chi connectivity index (χ2v) is 7.60. The van der Waals surface area contributed by atoms with E-state index in [1.807, 2.05) is 37.3 Å². The topological polar surface area (TPSA) is 78.5 Å². The maximum atomic E-state index is 13.2. The van der Waals surface area contributed by atoms with Gasteiger partial charge in [0.05, 0.1) is 0 Å². The standard InChI is InChI=1S/C21H29N3O3/c1-2-14-21(16-10-6-5-7-11-16)19(26)24(20(27)23-21)15-18(25)22-17-12-8-3-4-9-13-17/h5-7,10-11,17H,2-4,8-9,12-15H2,1H3,(H,22,25)(H,23,27). The Kier molecular flexibility index (Phi) is 6.14. The molecular weight excluding hydrogens is 342 g/mol. The summed E-state index contributed by atoms with van der Waals surface area (Å²) in [5, 5.41) is 5.87. The van der Waals surface area contributed by atoms with Crippen LogP contribution in [0.3, 0.4) is 0 Å². The minimum atomic E-state index is -1.07. The molecule has 0 bridgehead atoms. The molecule has 146 valence electrons. The highest BCUT2D eigenvalue weighted by Gasteiger charge is 2.52. The highest BCUT2D eigenvalue weighted by molar-refractivity contribution is 6.09. The molecule has 1 atom stereocenters. The van der Waals surface area contributed by atoms with E-state index in [4.69, 9.17) is 0 Å². The van der Waals surface area contributed by atoms with Gasteiger partial charge < -0.3 is 10.6 Å². The lowest BCUT2D eigenvalue weighted by Crippen LogP contribution is -2.46. The van der Waals surface area contributed by atoms with Crippen LogP contribution < -0.4 is 10.6 Å². The Balaban J connectivity index is 1.72. The van der Waals surface area contributed by atoms with Crippen molar-refractivity contribution in [2.45, 2.75) is 69.9 Å². The van der Waals surface area contributed by atoms with Crippen molar-refractivity contribution in [2.24, 2.45) is 0 Å². The number of nitrogens with zero attached hydrogens (tertiary/aromatic N) is 1. The quantitative estimate of drug-likeness (QED) is 0.596. The Morgan fingerprint density at radius 2 is 1.81 bits per heavy atom. The first-order valence-electron chi connectivity index (χ1n) is 10.1. The van der Waals surface area contributed by atoms with Gasteiger partial charge in [-0.2, -0.15) is 0 Å². The molecule has 0 spiro atoms. The number of hydrogen-bond acceptors (Lipinski definition) is 3. The van der Waals surface area contributed by atoms with Gasteiger partial charge in [0.2, 0.25) is 5.91 Å². The molecule has 1 aliphatic carbocycles. The Labute approximate surface area is 160 Å². The van der Waals surface area contributed by atoms with Crippen molar-refractivity contribution in [1.29, 1.82) is 0 Å². The number of urea groups is 1. The van der Waals surface area contributed by atoms with Crippen molar-refractivity contribution in [3.63, 3.8) is 0 Å². The first kappa shape index (κ1) is 19.4. The summed E-state index contributed by atoms with van der Waals surface area (Å²) in [4.78, 5) is 39.3. The third-order valence-corrected chi connectivity index (χ3v) is 5.59. The maximum absolute atomic E-state index is 13.2. The van der Waals surface area contributed by atoms with E-state index in [0.717, 1.165) is 42.6 Å². The van der Waals surface area contributed by atoms with E-state index >= 15 is 0 Å². The van der Waals surface area contributed by atoms with Crippen molar-refractivity contribution in [1.82, 2.24) is 15.5 Å². The molecular formula is C21H29N3O3.